The van der Waals surface area contributed by atoms with Gasteiger partial charge in [0.05, 0.1) is 0 Å². The van der Waals surface area contributed by atoms with E-state index in [2.05, 4.69) is 11.9 Å². The Morgan fingerprint density at radius 1 is 1.50 bits per heavy atom. The molecule has 0 radical (unpaired) electrons. The molecule has 3 N–H and O–H groups in total. The lowest BCUT2D eigenvalue weighted by Gasteiger charge is -2.33. The van der Waals surface area contributed by atoms with Gasteiger partial charge in [0.2, 0.25) is 0 Å². The normalized spacial score (nSPS) is 19.9. The Labute approximate surface area is 109 Å². The Kier molecular flexibility index (Phi) is 6.12. The second-order valence-electron chi connectivity index (χ2n) is 5.05. The van der Waals surface area contributed by atoms with E-state index in [1.54, 1.807) is 4.90 Å². The van der Waals surface area contributed by atoms with Crippen LogP contribution in [0.2, 0.25) is 0 Å². The van der Waals surface area contributed by atoms with Gasteiger partial charge in [-0.15, -0.1) is 0 Å². The van der Waals surface area contributed by atoms with Crippen LogP contribution in [0.3, 0.4) is 0 Å². The second kappa shape index (κ2) is 7.36. The van der Waals surface area contributed by atoms with E-state index in [1.807, 2.05) is 6.92 Å². The molecule has 5 nitrogen and oxygen atoms in total. The molecule has 1 aliphatic rings. The van der Waals surface area contributed by atoms with Crippen LogP contribution in [0, 0.1) is 11.8 Å². The molecule has 2 amide bonds. The van der Waals surface area contributed by atoms with Gasteiger partial charge in [0.15, 0.2) is 0 Å². The molecule has 104 valence electrons. The van der Waals surface area contributed by atoms with Crippen LogP contribution in [0.5, 0.6) is 0 Å². The quantitative estimate of drug-likeness (QED) is 0.591. The van der Waals surface area contributed by atoms with Gasteiger partial charge in [-0.3, -0.25) is 0 Å². The van der Waals surface area contributed by atoms with Crippen LogP contribution >= 0.6 is 0 Å². The Bertz CT molecular complexity index is 297. The molecule has 0 saturated carbocycles. The van der Waals surface area contributed by atoms with Crippen molar-refractivity contribution in [3.8, 4) is 0 Å². The lowest BCUT2D eigenvalue weighted by molar-refractivity contribution is 0.146. The Balaban J connectivity index is 2.41. The largest absolute Gasteiger partial charge is 0.396 e. The molecule has 1 aliphatic heterocycles. The molecule has 0 aromatic rings. The number of nitrogens with zero attached hydrogens (tertiary/aromatic N) is 2. The number of amides is 2. The molecule has 1 rings (SSSR count). The van der Waals surface area contributed by atoms with Gasteiger partial charge in [-0.25, -0.2) is 4.79 Å². The summed E-state index contributed by atoms with van der Waals surface area (Å²) in [4.78, 5) is 17.4. The first kappa shape index (κ1) is 15.0. The zero-order chi connectivity index (χ0) is 13.5. The summed E-state index contributed by atoms with van der Waals surface area (Å²) in [6, 6.07) is -0.206. The van der Waals surface area contributed by atoms with Crippen molar-refractivity contribution in [2.45, 2.75) is 39.5 Å². The molecule has 5 heteroatoms. The number of nitrogens with two attached hydrogens (primary N) is 1. The van der Waals surface area contributed by atoms with E-state index in [-0.39, 0.29) is 12.6 Å². The topological polar surface area (TPSA) is 78.9 Å². The van der Waals surface area contributed by atoms with Crippen LogP contribution in [0.1, 0.15) is 39.5 Å². The minimum atomic E-state index is -0.206. The minimum absolute atomic E-state index is 0.206. The summed E-state index contributed by atoms with van der Waals surface area (Å²) in [7, 11) is 0. The molecule has 0 aromatic carbocycles. The summed E-state index contributed by atoms with van der Waals surface area (Å²) in [5.74, 6) is 1.53. The van der Waals surface area contributed by atoms with E-state index in [4.69, 9.17) is 10.8 Å². The fraction of sp³-hybridized carbons (Fsp3) is 0.846. The zero-order valence-corrected chi connectivity index (χ0v) is 11.4. The SMILES string of the molecule is CCC(N)=NC(=O)N1CCC([C@H](C)CCO)CC1. The lowest BCUT2D eigenvalue weighted by atomic mass is 9.84. The maximum Gasteiger partial charge on any atom is 0.345 e. The van der Waals surface area contributed by atoms with Crippen LogP contribution in [0.4, 0.5) is 4.79 Å². The smallest absolute Gasteiger partial charge is 0.345 e. The summed E-state index contributed by atoms with van der Waals surface area (Å²) < 4.78 is 0. The molecule has 1 heterocycles. The number of carbonyl (C=O) groups excluding carboxylic acids is 1. The molecule has 0 aromatic heterocycles. The first-order valence-corrected chi connectivity index (χ1v) is 6.81. The molecule has 0 spiro atoms. The molecular formula is C13H25N3O2. The molecule has 0 unspecified atom stereocenters. The van der Waals surface area contributed by atoms with Gasteiger partial charge in [0.25, 0.3) is 0 Å². The number of piperidine rings is 1. The predicted octanol–water partition coefficient (Wildman–Crippen LogP) is 1.60. The van der Waals surface area contributed by atoms with Crippen molar-refractivity contribution in [2.24, 2.45) is 22.6 Å². The fourth-order valence-corrected chi connectivity index (χ4v) is 2.37. The molecule has 1 fully saturated rings. The predicted molar refractivity (Wildman–Crippen MR) is 72.5 cm³/mol. The van der Waals surface area contributed by atoms with E-state index in [1.165, 1.54) is 0 Å². The van der Waals surface area contributed by atoms with Crippen molar-refractivity contribution in [3.63, 3.8) is 0 Å². The van der Waals surface area contributed by atoms with Crippen molar-refractivity contribution in [1.82, 2.24) is 4.90 Å². The molecule has 1 saturated heterocycles. The van der Waals surface area contributed by atoms with E-state index in [9.17, 15) is 4.79 Å². The van der Waals surface area contributed by atoms with Crippen LogP contribution in [-0.4, -0.2) is 41.6 Å². The van der Waals surface area contributed by atoms with E-state index < -0.39 is 0 Å². The Morgan fingerprint density at radius 2 is 2.11 bits per heavy atom. The Hall–Kier alpha value is -1.10. The molecule has 18 heavy (non-hydrogen) atoms. The van der Waals surface area contributed by atoms with Crippen molar-refractivity contribution < 1.29 is 9.90 Å². The summed E-state index contributed by atoms with van der Waals surface area (Å²) in [6.45, 7) is 5.80. The van der Waals surface area contributed by atoms with Gasteiger partial charge in [0, 0.05) is 26.1 Å². The maximum absolute atomic E-state index is 11.8. The highest BCUT2D eigenvalue weighted by Gasteiger charge is 2.25. The van der Waals surface area contributed by atoms with Crippen molar-refractivity contribution in [2.75, 3.05) is 19.7 Å². The average Bonchev–Trinajstić information content (AvgIpc) is 2.39. The van der Waals surface area contributed by atoms with Crippen molar-refractivity contribution in [3.05, 3.63) is 0 Å². The van der Waals surface area contributed by atoms with Crippen LogP contribution < -0.4 is 5.73 Å². The standard InChI is InChI=1S/C13H25N3O2/c1-3-12(14)15-13(18)16-7-4-11(5-8-16)10(2)6-9-17/h10-11,17H,3-9H2,1-2H3,(H2,14,15,18)/t10-/m1/s1. The number of hydrogen-bond acceptors (Lipinski definition) is 2. The second-order valence-corrected chi connectivity index (χ2v) is 5.05. The first-order valence-electron chi connectivity index (χ1n) is 6.81. The number of aliphatic hydroxyl groups is 1. The molecule has 0 bridgehead atoms. The highest BCUT2D eigenvalue weighted by molar-refractivity contribution is 5.92. The first-order chi connectivity index (χ1) is 8.58. The van der Waals surface area contributed by atoms with E-state index in [0.29, 0.717) is 24.1 Å². The summed E-state index contributed by atoms with van der Waals surface area (Å²) in [6.07, 6.45) is 3.44. The lowest BCUT2D eigenvalue weighted by Crippen LogP contribution is -2.39. The number of aliphatic imine (C=N–C) groups is 1. The van der Waals surface area contributed by atoms with Gasteiger partial charge in [-0.1, -0.05) is 13.8 Å². The third-order valence-corrected chi connectivity index (χ3v) is 3.80. The molecule has 1 atom stereocenters. The van der Waals surface area contributed by atoms with E-state index in [0.717, 1.165) is 32.4 Å². The van der Waals surface area contributed by atoms with E-state index >= 15 is 0 Å². The summed E-state index contributed by atoms with van der Waals surface area (Å²) >= 11 is 0. The molecule has 0 aliphatic carbocycles. The highest BCUT2D eigenvalue weighted by atomic mass is 16.3. The zero-order valence-electron chi connectivity index (χ0n) is 11.4. The van der Waals surface area contributed by atoms with Crippen LogP contribution in [0.25, 0.3) is 0 Å². The number of aliphatic hydroxyl groups excluding tert-OH is 1. The van der Waals surface area contributed by atoms with Crippen LogP contribution in [0.15, 0.2) is 4.99 Å². The average molecular weight is 255 g/mol. The van der Waals surface area contributed by atoms with Gasteiger partial charge < -0.3 is 15.7 Å². The minimum Gasteiger partial charge on any atom is -0.396 e. The number of hydrogen-bond donors (Lipinski definition) is 2. The number of amidine groups is 1. The van der Waals surface area contributed by atoms with Gasteiger partial charge >= 0.3 is 6.03 Å². The van der Waals surface area contributed by atoms with Gasteiger partial charge in [0.1, 0.15) is 5.84 Å². The number of carbonyl (C=O) groups is 1. The number of urea groups is 1. The summed E-state index contributed by atoms with van der Waals surface area (Å²) in [5, 5.41) is 8.94. The Morgan fingerprint density at radius 3 is 2.61 bits per heavy atom. The maximum atomic E-state index is 11.8. The third kappa shape index (κ3) is 4.29. The number of likely N-dealkylation sites (tertiary alicyclic amines) is 1. The third-order valence-electron chi connectivity index (χ3n) is 3.80. The highest BCUT2D eigenvalue weighted by Crippen LogP contribution is 2.27. The van der Waals surface area contributed by atoms with Crippen molar-refractivity contribution >= 4 is 11.9 Å². The van der Waals surface area contributed by atoms with Crippen molar-refractivity contribution in [1.29, 1.82) is 0 Å². The molecular weight excluding hydrogens is 230 g/mol. The van der Waals surface area contributed by atoms with Gasteiger partial charge in [-0.05, 0) is 31.1 Å². The van der Waals surface area contributed by atoms with Crippen LogP contribution in [-0.2, 0) is 0 Å². The number of rotatable bonds is 4. The summed E-state index contributed by atoms with van der Waals surface area (Å²) in [5.41, 5.74) is 5.57. The monoisotopic (exact) mass is 255 g/mol. The van der Waals surface area contributed by atoms with Gasteiger partial charge in [-0.2, -0.15) is 4.99 Å². The fourth-order valence-electron chi connectivity index (χ4n) is 2.37.